The van der Waals surface area contributed by atoms with Crippen molar-refractivity contribution in [1.82, 2.24) is 5.32 Å². The van der Waals surface area contributed by atoms with E-state index < -0.39 is 0 Å². The number of benzene rings is 1. The van der Waals surface area contributed by atoms with Gasteiger partial charge in [-0.15, -0.1) is 11.3 Å². The molecule has 0 spiro atoms. The van der Waals surface area contributed by atoms with Crippen molar-refractivity contribution in [3.8, 4) is 0 Å². The van der Waals surface area contributed by atoms with E-state index >= 15 is 0 Å². The van der Waals surface area contributed by atoms with Gasteiger partial charge in [-0.3, -0.25) is 0 Å². The van der Waals surface area contributed by atoms with Crippen LogP contribution in [0.2, 0.25) is 10.0 Å². The topological polar surface area (TPSA) is 12.0 Å². The predicted molar refractivity (Wildman–Crippen MR) is 88.6 cm³/mol. The zero-order valence-electron chi connectivity index (χ0n) is 10.4. The van der Waals surface area contributed by atoms with Crippen molar-refractivity contribution < 1.29 is 0 Å². The Hall–Kier alpha value is -0.0600. The number of rotatable bonds is 5. The highest BCUT2D eigenvalue weighted by molar-refractivity contribution is 9.10. The van der Waals surface area contributed by atoms with Gasteiger partial charge in [0.05, 0.1) is 6.04 Å². The van der Waals surface area contributed by atoms with Gasteiger partial charge < -0.3 is 5.32 Å². The van der Waals surface area contributed by atoms with Crippen molar-refractivity contribution in [2.24, 2.45) is 0 Å². The lowest BCUT2D eigenvalue weighted by molar-refractivity contribution is 0.606. The van der Waals surface area contributed by atoms with E-state index in [9.17, 15) is 0 Å². The zero-order chi connectivity index (χ0) is 13.8. The highest BCUT2D eigenvalue weighted by Crippen LogP contribution is 2.34. The number of thiophene rings is 1. The van der Waals surface area contributed by atoms with Gasteiger partial charge in [0.1, 0.15) is 0 Å². The molecule has 1 aromatic carbocycles. The van der Waals surface area contributed by atoms with E-state index in [4.69, 9.17) is 23.2 Å². The third-order valence-corrected chi connectivity index (χ3v) is 5.08. The van der Waals surface area contributed by atoms with Crippen LogP contribution in [-0.2, 0) is 0 Å². The van der Waals surface area contributed by atoms with Gasteiger partial charge in [-0.1, -0.05) is 30.1 Å². The number of hydrogen-bond donors (Lipinski definition) is 1. The number of hydrogen-bond acceptors (Lipinski definition) is 2. The van der Waals surface area contributed by atoms with Gasteiger partial charge in [-0.05, 0) is 58.7 Å². The summed E-state index contributed by atoms with van der Waals surface area (Å²) < 4.78 is 1.09. The van der Waals surface area contributed by atoms with Crippen LogP contribution in [0.1, 0.15) is 29.8 Å². The van der Waals surface area contributed by atoms with Crippen LogP contribution in [0.15, 0.2) is 34.1 Å². The highest BCUT2D eigenvalue weighted by Gasteiger charge is 2.18. The molecule has 2 rings (SSSR count). The molecule has 5 heteroatoms. The molecule has 0 amide bonds. The fourth-order valence-electron chi connectivity index (χ4n) is 1.87. The summed E-state index contributed by atoms with van der Waals surface area (Å²) >= 11 is 17.6. The van der Waals surface area contributed by atoms with Crippen LogP contribution in [0.5, 0.6) is 0 Å². The molecule has 2 aromatic rings. The van der Waals surface area contributed by atoms with Crippen LogP contribution in [0.3, 0.4) is 0 Å². The van der Waals surface area contributed by atoms with Gasteiger partial charge in [0.2, 0.25) is 0 Å². The van der Waals surface area contributed by atoms with Crippen LogP contribution in [-0.4, -0.2) is 6.54 Å². The second-order valence-corrected chi connectivity index (χ2v) is 6.92. The van der Waals surface area contributed by atoms with Gasteiger partial charge in [-0.2, -0.15) is 0 Å². The fraction of sp³-hybridized carbons (Fsp3) is 0.286. The highest BCUT2D eigenvalue weighted by atomic mass is 79.9. The molecule has 1 nitrogen and oxygen atoms in total. The Morgan fingerprint density at radius 2 is 2.11 bits per heavy atom. The summed E-state index contributed by atoms with van der Waals surface area (Å²) in [7, 11) is 0. The van der Waals surface area contributed by atoms with E-state index in [1.54, 1.807) is 11.3 Å². The molecule has 0 aliphatic heterocycles. The van der Waals surface area contributed by atoms with E-state index in [1.165, 1.54) is 4.88 Å². The Labute approximate surface area is 136 Å². The second kappa shape index (κ2) is 7.09. The molecule has 0 fully saturated rings. The largest absolute Gasteiger partial charge is 0.306 e. The first-order valence-corrected chi connectivity index (χ1v) is 8.47. The van der Waals surface area contributed by atoms with Gasteiger partial charge in [-0.25, -0.2) is 0 Å². The van der Waals surface area contributed by atoms with E-state index in [0.717, 1.165) is 28.0 Å². The minimum Gasteiger partial charge on any atom is -0.306 e. The Morgan fingerprint density at radius 3 is 2.74 bits per heavy atom. The maximum Gasteiger partial charge on any atom is 0.0686 e. The molecule has 0 saturated carbocycles. The third kappa shape index (κ3) is 3.96. The average molecular weight is 379 g/mol. The quantitative estimate of drug-likeness (QED) is 0.682. The summed E-state index contributed by atoms with van der Waals surface area (Å²) in [6, 6.07) is 7.81. The minimum atomic E-state index is 0.0856. The monoisotopic (exact) mass is 377 g/mol. The molecular weight excluding hydrogens is 365 g/mol. The van der Waals surface area contributed by atoms with Crippen molar-refractivity contribution in [2.75, 3.05) is 6.54 Å². The van der Waals surface area contributed by atoms with Crippen molar-refractivity contribution in [3.05, 3.63) is 54.6 Å². The maximum absolute atomic E-state index is 6.32. The first kappa shape index (κ1) is 15.3. The van der Waals surface area contributed by atoms with Crippen LogP contribution < -0.4 is 5.32 Å². The van der Waals surface area contributed by atoms with Crippen molar-refractivity contribution >= 4 is 50.5 Å². The molecule has 1 N–H and O–H groups in total. The molecule has 102 valence electrons. The molecular formula is C14H14BrCl2NS. The normalized spacial score (nSPS) is 12.6. The van der Waals surface area contributed by atoms with Gasteiger partial charge >= 0.3 is 0 Å². The summed E-state index contributed by atoms with van der Waals surface area (Å²) in [4.78, 5) is 1.23. The molecule has 0 saturated heterocycles. The summed E-state index contributed by atoms with van der Waals surface area (Å²) in [6.45, 7) is 3.08. The smallest absolute Gasteiger partial charge is 0.0686 e. The van der Waals surface area contributed by atoms with Crippen LogP contribution >= 0.6 is 50.5 Å². The van der Waals surface area contributed by atoms with Crippen LogP contribution in [0.25, 0.3) is 0 Å². The first-order chi connectivity index (χ1) is 9.11. The Kier molecular flexibility index (Phi) is 5.72. The van der Waals surface area contributed by atoms with Crippen LogP contribution in [0.4, 0.5) is 0 Å². The molecule has 0 radical (unpaired) electrons. The third-order valence-electron chi connectivity index (χ3n) is 2.74. The lowest BCUT2D eigenvalue weighted by Gasteiger charge is -2.19. The maximum atomic E-state index is 6.32. The lowest BCUT2D eigenvalue weighted by Crippen LogP contribution is -2.22. The summed E-state index contributed by atoms with van der Waals surface area (Å²) in [5, 5.41) is 7.05. The van der Waals surface area contributed by atoms with E-state index in [2.05, 4.69) is 39.6 Å². The molecule has 1 atom stereocenters. The van der Waals surface area contributed by atoms with E-state index in [1.807, 2.05) is 18.2 Å². The average Bonchev–Trinajstić information content (AvgIpc) is 2.80. The molecule has 0 bridgehead atoms. The summed E-state index contributed by atoms with van der Waals surface area (Å²) in [5.41, 5.74) is 1.02. The second-order valence-electron chi connectivity index (χ2n) is 4.22. The number of halogens is 3. The Bertz CT molecular complexity index is 556. The molecule has 19 heavy (non-hydrogen) atoms. The van der Waals surface area contributed by atoms with Gasteiger partial charge in [0.15, 0.2) is 0 Å². The van der Waals surface area contributed by atoms with E-state index in [-0.39, 0.29) is 6.04 Å². The molecule has 0 aliphatic rings. The van der Waals surface area contributed by atoms with Crippen molar-refractivity contribution in [3.63, 3.8) is 0 Å². The summed E-state index contributed by atoms with van der Waals surface area (Å²) in [6.07, 6.45) is 1.07. The van der Waals surface area contributed by atoms with Gasteiger partial charge in [0.25, 0.3) is 0 Å². The lowest BCUT2D eigenvalue weighted by atomic mass is 10.1. The van der Waals surface area contributed by atoms with Crippen molar-refractivity contribution in [2.45, 2.75) is 19.4 Å². The Morgan fingerprint density at radius 1 is 1.32 bits per heavy atom. The van der Waals surface area contributed by atoms with Crippen LogP contribution in [0, 0.1) is 0 Å². The van der Waals surface area contributed by atoms with Crippen molar-refractivity contribution in [1.29, 1.82) is 0 Å². The molecule has 1 aromatic heterocycles. The minimum absolute atomic E-state index is 0.0856. The predicted octanol–water partition coefficient (Wildman–Crippen LogP) is 5.91. The fourth-order valence-corrected chi connectivity index (χ4v) is 3.81. The SMILES string of the molecule is CCCNC(c1cc(Br)cs1)c1cc(Cl)ccc1Cl. The first-order valence-electron chi connectivity index (χ1n) is 6.04. The van der Waals surface area contributed by atoms with Gasteiger partial charge in [0, 0.05) is 24.8 Å². The standard InChI is InChI=1S/C14H14BrCl2NS/c1-2-5-18-14(13-6-9(15)8-19-13)11-7-10(16)3-4-12(11)17/h3-4,6-8,14,18H,2,5H2,1H3. The van der Waals surface area contributed by atoms with E-state index in [0.29, 0.717) is 5.02 Å². The Balaban J connectivity index is 2.39. The summed E-state index contributed by atoms with van der Waals surface area (Å²) in [5.74, 6) is 0. The molecule has 1 heterocycles. The zero-order valence-corrected chi connectivity index (χ0v) is 14.3. The molecule has 1 unspecified atom stereocenters. The molecule has 0 aliphatic carbocycles. The number of nitrogens with one attached hydrogen (secondary N) is 1.